The van der Waals surface area contributed by atoms with E-state index in [4.69, 9.17) is 4.74 Å². The van der Waals surface area contributed by atoms with Gasteiger partial charge in [0.1, 0.15) is 5.54 Å². The fourth-order valence-electron chi connectivity index (χ4n) is 5.17. The molecule has 1 fully saturated rings. The number of nitrogens with zero attached hydrogens (tertiary/aromatic N) is 3. The number of hydrogen-bond acceptors (Lipinski definition) is 8. The largest absolute Gasteiger partial charge is 0.504 e. The number of fused-ring (bicyclic) bond motifs is 1. The maximum absolute atomic E-state index is 13.8. The number of aliphatic carboxylic acids is 1. The molecular formula is C27H27N3O6S. The number of morpholine rings is 1. The van der Waals surface area contributed by atoms with Crippen molar-refractivity contribution in [2.45, 2.75) is 25.8 Å². The van der Waals surface area contributed by atoms with Gasteiger partial charge in [-0.1, -0.05) is 36.5 Å². The average Bonchev–Trinajstić information content (AvgIpc) is 3.20. The van der Waals surface area contributed by atoms with Gasteiger partial charge in [0, 0.05) is 18.8 Å². The average molecular weight is 522 g/mol. The van der Waals surface area contributed by atoms with Gasteiger partial charge in [-0.05, 0) is 54.8 Å². The Morgan fingerprint density at radius 3 is 2.46 bits per heavy atom. The molecule has 5 rings (SSSR count). The number of hydrogen-bond donors (Lipinski definition) is 3. The van der Waals surface area contributed by atoms with Gasteiger partial charge in [-0.2, -0.15) is 0 Å². The number of rotatable bonds is 5. The third kappa shape index (κ3) is 4.11. The van der Waals surface area contributed by atoms with E-state index in [2.05, 4.69) is 9.89 Å². The Morgan fingerprint density at radius 1 is 1.14 bits per heavy atom. The van der Waals surface area contributed by atoms with Gasteiger partial charge in [0.15, 0.2) is 16.3 Å². The van der Waals surface area contributed by atoms with Gasteiger partial charge in [-0.3, -0.25) is 9.36 Å². The molecule has 0 saturated carbocycles. The van der Waals surface area contributed by atoms with Crippen molar-refractivity contribution in [1.29, 1.82) is 0 Å². The first-order valence-corrected chi connectivity index (χ1v) is 12.8. The van der Waals surface area contributed by atoms with E-state index in [0.29, 0.717) is 28.1 Å². The third-order valence-corrected chi connectivity index (χ3v) is 7.94. The Bertz CT molecular complexity index is 1580. The van der Waals surface area contributed by atoms with Crippen molar-refractivity contribution in [2.24, 2.45) is 4.99 Å². The highest BCUT2D eigenvalue weighted by molar-refractivity contribution is 7.07. The second kappa shape index (κ2) is 9.53. The molecule has 3 N–H and O–H groups in total. The topological polar surface area (TPSA) is 125 Å². The summed E-state index contributed by atoms with van der Waals surface area (Å²) in [5.41, 5.74) is 0.735. The highest BCUT2D eigenvalue weighted by atomic mass is 32.1. The summed E-state index contributed by atoms with van der Waals surface area (Å²) in [7, 11) is 0. The molecule has 37 heavy (non-hydrogen) atoms. The number of aromatic hydroxyl groups is 2. The summed E-state index contributed by atoms with van der Waals surface area (Å²) in [5.74, 6) is -1.93. The Hall–Kier alpha value is -3.89. The minimum Gasteiger partial charge on any atom is -0.504 e. The van der Waals surface area contributed by atoms with E-state index in [1.807, 2.05) is 24.3 Å². The Labute approximate surface area is 216 Å². The molecule has 1 atom stereocenters. The third-order valence-electron chi connectivity index (χ3n) is 6.97. The molecule has 1 aromatic heterocycles. The summed E-state index contributed by atoms with van der Waals surface area (Å²) in [6.07, 6.45) is 1.99. The van der Waals surface area contributed by atoms with Crippen LogP contribution < -0.4 is 19.8 Å². The quantitative estimate of drug-likeness (QED) is 0.440. The van der Waals surface area contributed by atoms with Crippen LogP contribution in [0.25, 0.3) is 6.08 Å². The minimum absolute atomic E-state index is 0.0473. The van der Waals surface area contributed by atoms with Crippen molar-refractivity contribution in [2.75, 3.05) is 31.2 Å². The van der Waals surface area contributed by atoms with Gasteiger partial charge in [0.2, 0.25) is 0 Å². The van der Waals surface area contributed by atoms with E-state index in [0.717, 1.165) is 24.3 Å². The van der Waals surface area contributed by atoms with Crippen molar-refractivity contribution in [3.8, 4) is 11.5 Å². The molecule has 0 aliphatic carbocycles. The molecule has 2 aliphatic rings. The number of aromatic nitrogens is 1. The van der Waals surface area contributed by atoms with Crippen LogP contribution in [0.15, 0.2) is 63.5 Å². The number of carbonyl (C=O) groups is 1. The first-order valence-electron chi connectivity index (χ1n) is 12.0. The van der Waals surface area contributed by atoms with Crippen LogP contribution in [-0.2, 0) is 15.1 Å². The predicted molar refractivity (Wildman–Crippen MR) is 140 cm³/mol. The lowest BCUT2D eigenvalue weighted by molar-refractivity contribution is -0.133. The molecule has 10 heteroatoms. The Balaban J connectivity index is 1.67. The van der Waals surface area contributed by atoms with Gasteiger partial charge in [0.25, 0.3) is 5.56 Å². The summed E-state index contributed by atoms with van der Waals surface area (Å²) in [6.45, 7) is 6.43. The monoisotopic (exact) mass is 521 g/mol. The van der Waals surface area contributed by atoms with Gasteiger partial charge in [0.05, 0.1) is 29.0 Å². The predicted octanol–water partition coefficient (Wildman–Crippen LogP) is 2.13. The molecule has 0 spiro atoms. The van der Waals surface area contributed by atoms with E-state index in [-0.39, 0.29) is 29.0 Å². The molecule has 192 valence electrons. The molecule has 0 amide bonds. The molecule has 2 aromatic carbocycles. The van der Waals surface area contributed by atoms with Crippen LogP contribution in [0.5, 0.6) is 11.5 Å². The molecule has 3 aromatic rings. The fourth-order valence-corrected chi connectivity index (χ4v) is 6.26. The van der Waals surface area contributed by atoms with Crippen molar-refractivity contribution in [3.63, 3.8) is 0 Å². The normalized spacial score (nSPS) is 20.1. The molecule has 1 saturated heterocycles. The fraction of sp³-hybridized carbons (Fsp3) is 0.296. The van der Waals surface area contributed by atoms with Crippen LogP contribution in [0.1, 0.15) is 31.4 Å². The van der Waals surface area contributed by atoms with Crippen LogP contribution in [-0.4, -0.2) is 52.2 Å². The number of phenolic OH excluding ortho intramolecular Hbond substituents is 2. The zero-order chi connectivity index (χ0) is 26.3. The first-order chi connectivity index (χ1) is 17.8. The maximum Gasteiger partial charge on any atom is 0.336 e. The van der Waals surface area contributed by atoms with Crippen LogP contribution in [0.4, 0.5) is 5.69 Å². The zero-order valence-corrected chi connectivity index (χ0v) is 21.3. The number of carboxylic acid groups (broad SMARTS) is 1. The molecule has 0 bridgehead atoms. The standard InChI is InChI=1S/C27H27N3O6S/c1-3-27(18-6-9-20(31)21(32)15-18)23(25(34)35)16(2)28-26-30(27)24(33)22(37-26)14-17-4-7-19(8-5-17)29-10-12-36-13-11-29/h4-9,14-15,31-32H,3,10-13H2,1-2H3,(H,34,35)/b22-14-. The number of anilines is 1. The summed E-state index contributed by atoms with van der Waals surface area (Å²) in [4.78, 5) is 33.4. The summed E-state index contributed by atoms with van der Waals surface area (Å²) in [5, 5.41) is 30.3. The number of allylic oxidation sites excluding steroid dienone is 1. The first kappa shape index (κ1) is 24.8. The van der Waals surface area contributed by atoms with E-state index in [1.165, 1.54) is 34.1 Å². The Kier molecular flexibility index (Phi) is 6.38. The number of ether oxygens (including phenoxy) is 1. The van der Waals surface area contributed by atoms with Crippen molar-refractivity contribution >= 4 is 29.1 Å². The number of benzene rings is 2. The highest BCUT2D eigenvalue weighted by Gasteiger charge is 2.46. The van der Waals surface area contributed by atoms with Crippen LogP contribution in [0, 0.1) is 0 Å². The molecule has 0 radical (unpaired) electrons. The van der Waals surface area contributed by atoms with E-state index >= 15 is 0 Å². The number of thiazole rings is 1. The molecule has 9 nitrogen and oxygen atoms in total. The molecule has 1 unspecified atom stereocenters. The Morgan fingerprint density at radius 2 is 1.84 bits per heavy atom. The van der Waals surface area contributed by atoms with Gasteiger partial charge in [-0.25, -0.2) is 9.79 Å². The van der Waals surface area contributed by atoms with Gasteiger partial charge >= 0.3 is 5.97 Å². The zero-order valence-electron chi connectivity index (χ0n) is 20.5. The van der Waals surface area contributed by atoms with Gasteiger partial charge in [-0.15, -0.1) is 0 Å². The lowest BCUT2D eigenvalue weighted by atomic mass is 9.78. The van der Waals surface area contributed by atoms with E-state index < -0.39 is 17.3 Å². The number of carboxylic acids is 1. The van der Waals surface area contributed by atoms with Crippen LogP contribution in [0.3, 0.4) is 0 Å². The van der Waals surface area contributed by atoms with Crippen molar-refractivity contribution in [3.05, 3.63) is 84.5 Å². The molecule has 3 heterocycles. The van der Waals surface area contributed by atoms with Crippen LogP contribution in [0.2, 0.25) is 0 Å². The molecule has 2 aliphatic heterocycles. The minimum atomic E-state index is -1.42. The number of phenols is 2. The summed E-state index contributed by atoms with van der Waals surface area (Å²) < 4.78 is 7.24. The summed E-state index contributed by atoms with van der Waals surface area (Å²) >= 11 is 1.19. The second-order valence-electron chi connectivity index (χ2n) is 9.02. The second-order valence-corrected chi connectivity index (χ2v) is 10.0. The lowest BCUT2D eigenvalue weighted by Gasteiger charge is -2.37. The van der Waals surface area contributed by atoms with Crippen molar-refractivity contribution in [1.82, 2.24) is 4.57 Å². The van der Waals surface area contributed by atoms with E-state index in [9.17, 15) is 24.9 Å². The van der Waals surface area contributed by atoms with Gasteiger partial charge < -0.3 is 25.0 Å². The maximum atomic E-state index is 13.8. The van der Waals surface area contributed by atoms with Crippen molar-refractivity contribution < 1.29 is 24.9 Å². The lowest BCUT2D eigenvalue weighted by Crippen LogP contribution is -2.52. The SMILES string of the molecule is CCC1(c2ccc(O)c(O)c2)C(C(=O)O)=C(C)N=c2s/c(=C\c3ccc(N4CCOCC4)cc3)c(=O)n21. The van der Waals surface area contributed by atoms with Crippen LogP contribution >= 0.6 is 11.3 Å². The molecular weight excluding hydrogens is 494 g/mol. The smallest absolute Gasteiger partial charge is 0.336 e. The van der Waals surface area contributed by atoms with E-state index in [1.54, 1.807) is 19.9 Å². The highest BCUT2D eigenvalue weighted by Crippen LogP contribution is 2.42. The summed E-state index contributed by atoms with van der Waals surface area (Å²) in [6, 6.07) is 12.0.